The van der Waals surface area contributed by atoms with Crippen LogP contribution < -0.4 is 0 Å². The van der Waals surface area contributed by atoms with Crippen LogP contribution >= 0.6 is 0 Å². The van der Waals surface area contributed by atoms with Crippen molar-refractivity contribution in [1.29, 1.82) is 0 Å². The first kappa shape index (κ1) is 28.4. The lowest BCUT2D eigenvalue weighted by atomic mass is 9.88. The fourth-order valence-electron chi connectivity index (χ4n) is 7.99. The maximum Gasteiger partial charge on any atom is 0.0541 e. The summed E-state index contributed by atoms with van der Waals surface area (Å²) in [7, 11) is 0. The van der Waals surface area contributed by atoms with Crippen LogP contribution in [0.3, 0.4) is 0 Å². The Labute approximate surface area is 271 Å². The molecule has 0 amide bonds. The summed E-state index contributed by atoms with van der Waals surface area (Å²) in [5.74, 6) is 0. The zero-order valence-electron chi connectivity index (χ0n) is 28.1. The summed E-state index contributed by atoms with van der Waals surface area (Å²) in [4.78, 5) is 0. The molecule has 2 aromatic heterocycles. The maximum atomic E-state index is 2.45. The molecule has 0 saturated carbocycles. The average molecular weight is 597 g/mol. The second-order valence-electron chi connectivity index (χ2n) is 13.7. The summed E-state index contributed by atoms with van der Waals surface area (Å²) >= 11 is 0. The van der Waals surface area contributed by atoms with Crippen LogP contribution in [-0.4, -0.2) is 9.13 Å². The van der Waals surface area contributed by atoms with Crippen molar-refractivity contribution in [3.05, 3.63) is 142 Å². The lowest BCUT2D eigenvalue weighted by molar-refractivity contribution is 1.15. The van der Waals surface area contributed by atoms with Gasteiger partial charge in [0, 0.05) is 32.9 Å². The van der Waals surface area contributed by atoms with Crippen LogP contribution in [0.15, 0.2) is 97.1 Å². The minimum Gasteiger partial charge on any atom is -0.309 e. The van der Waals surface area contributed by atoms with Crippen LogP contribution in [0.1, 0.15) is 44.5 Å². The molecular weight excluding hydrogens is 556 g/mol. The number of nitrogens with zero attached hydrogens (tertiary/aromatic N) is 2. The molecule has 226 valence electrons. The molecule has 0 aliphatic rings. The van der Waals surface area contributed by atoms with E-state index in [1.807, 2.05) is 0 Å². The van der Waals surface area contributed by atoms with Gasteiger partial charge in [-0.2, -0.15) is 0 Å². The Hall–Kier alpha value is -5.08. The summed E-state index contributed by atoms with van der Waals surface area (Å²) in [5.41, 5.74) is 20.5. The molecule has 0 saturated heterocycles. The van der Waals surface area contributed by atoms with E-state index in [2.05, 4.69) is 162 Å². The number of aryl methyl sites for hydroxylation is 8. The van der Waals surface area contributed by atoms with E-state index in [9.17, 15) is 0 Å². The second kappa shape index (κ2) is 10.2. The van der Waals surface area contributed by atoms with Crippen LogP contribution in [-0.2, 0) is 0 Å². The van der Waals surface area contributed by atoms with Crippen molar-refractivity contribution < 1.29 is 0 Å². The van der Waals surface area contributed by atoms with Crippen molar-refractivity contribution in [1.82, 2.24) is 9.13 Å². The molecule has 8 rings (SSSR count). The van der Waals surface area contributed by atoms with E-state index < -0.39 is 0 Å². The van der Waals surface area contributed by atoms with Gasteiger partial charge in [0.1, 0.15) is 0 Å². The molecule has 0 aliphatic carbocycles. The summed E-state index contributed by atoms with van der Waals surface area (Å²) in [5, 5.41) is 5.26. The molecule has 6 aromatic carbocycles. The first-order valence-electron chi connectivity index (χ1n) is 16.4. The predicted molar refractivity (Wildman–Crippen MR) is 198 cm³/mol. The van der Waals surface area contributed by atoms with Crippen LogP contribution in [0.4, 0.5) is 0 Å². The van der Waals surface area contributed by atoms with Gasteiger partial charge in [-0.15, -0.1) is 0 Å². The molecule has 0 aliphatic heterocycles. The van der Waals surface area contributed by atoms with Gasteiger partial charge in [-0.3, -0.25) is 0 Å². The highest BCUT2D eigenvalue weighted by Gasteiger charge is 2.19. The Bertz CT molecular complexity index is 2210. The Morgan fingerprint density at radius 1 is 0.304 bits per heavy atom. The number of fused-ring (bicyclic) bond motifs is 6. The quantitative estimate of drug-likeness (QED) is 0.192. The zero-order valence-corrected chi connectivity index (χ0v) is 28.1. The number of hydrogen-bond donors (Lipinski definition) is 0. The maximum absolute atomic E-state index is 2.45. The molecule has 0 radical (unpaired) electrons. The van der Waals surface area contributed by atoms with Crippen LogP contribution in [0.25, 0.3) is 66.1 Å². The van der Waals surface area contributed by atoms with Gasteiger partial charge < -0.3 is 9.13 Å². The van der Waals surface area contributed by atoms with Crippen molar-refractivity contribution in [2.75, 3.05) is 0 Å². The molecule has 0 atom stereocenters. The third-order valence-corrected chi connectivity index (χ3v) is 9.95. The average Bonchev–Trinajstić information content (AvgIpc) is 3.49. The van der Waals surface area contributed by atoms with Gasteiger partial charge in [0.15, 0.2) is 0 Å². The van der Waals surface area contributed by atoms with Crippen molar-refractivity contribution in [2.45, 2.75) is 55.4 Å². The molecule has 46 heavy (non-hydrogen) atoms. The third-order valence-electron chi connectivity index (χ3n) is 9.95. The second-order valence-corrected chi connectivity index (χ2v) is 13.7. The van der Waals surface area contributed by atoms with Crippen molar-refractivity contribution in [2.24, 2.45) is 0 Å². The van der Waals surface area contributed by atoms with Gasteiger partial charge in [-0.1, -0.05) is 46.5 Å². The molecule has 0 fully saturated rings. The standard InChI is InChI=1S/C44H40N2/c1-25-9-13-39-35(17-25)36-18-26(2)10-14-40(36)45(39)33-21-29(5)43(30(6)22-33)44-31(7)23-34(24-32(44)8)46-41-15-11-27(3)19-37(41)38-20-28(4)12-16-42(38)46/h9-24H,1-8H3. The van der Waals surface area contributed by atoms with E-state index in [1.165, 1.54) is 111 Å². The van der Waals surface area contributed by atoms with E-state index >= 15 is 0 Å². The number of rotatable bonds is 3. The Balaban J connectivity index is 1.30. The molecule has 2 heteroatoms. The molecule has 2 nitrogen and oxygen atoms in total. The highest BCUT2D eigenvalue weighted by atomic mass is 15.0. The van der Waals surface area contributed by atoms with Crippen molar-refractivity contribution in [3.8, 4) is 22.5 Å². The molecule has 2 heterocycles. The van der Waals surface area contributed by atoms with Gasteiger partial charge in [0.05, 0.1) is 22.1 Å². The van der Waals surface area contributed by atoms with Gasteiger partial charge in [-0.05, 0) is 162 Å². The van der Waals surface area contributed by atoms with Crippen molar-refractivity contribution >= 4 is 43.6 Å². The smallest absolute Gasteiger partial charge is 0.0541 e. The fraction of sp³-hybridized carbons (Fsp3) is 0.182. The normalized spacial score (nSPS) is 11.9. The number of hydrogen-bond acceptors (Lipinski definition) is 0. The van der Waals surface area contributed by atoms with Gasteiger partial charge in [0.25, 0.3) is 0 Å². The zero-order chi connectivity index (χ0) is 32.0. The minimum atomic E-state index is 1.22. The molecular formula is C44H40N2. The summed E-state index contributed by atoms with van der Waals surface area (Å²) in [6.45, 7) is 17.8. The predicted octanol–water partition coefficient (Wildman–Crippen LogP) is 12.0. The SMILES string of the molecule is Cc1ccc2c(c1)c1cc(C)ccc1n2-c1cc(C)c(-c2c(C)cc(-n3c4ccc(C)cc4c4cc(C)ccc43)cc2C)c(C)c1. The van der Waals surface area contributed by atoms with Gasteiger partial charge >= 0.3 is 0 Å². The van der Waals surface area contributed by atoms with Crippen molar-refractivity contribution in [3.63, 3.8) is 0 Å². The summed E-state index contributed by atoms with van der Waals surface area (Å²) in [6.07, 6.45) is 0. The topological polar surface area (TPSA) is 9.86 Å². The first-order valence-corrected chi connectivity index (χ1v) is 16.4. The molecule has 0 bridgehead atoms. The van der Waals surface area contributed by atoms with Crippen LogP contribution in [0.2, 0.25) is 0 Å². The van der Waals surface area contributed by atoms with E-state index in [1.54, 1.807) is 0 Å². The lowest BCUT2D eigenvalue weighted by Gasteiger charge is -2.20. The molecule has 8 aromatic rings. The fourth-order valence-corrected chi connectivity index (χ4v) is 7.99. The van der Waals surface area contributed by atoms with Gasteiger partial charge in [0.2, 0.25) is 0 Å². The summed E-state index contributed by atoms with van der Waals surface area (Å²) in [6, 6.07) is 36.9. The monoisotopic (exact) mass is 596 g/mol. The van der Waals surface area contributed by atoms with E-state index in [0.717, 1.165) is 0 Å². The lowest BCUT2D eigenvalue weighted by Crippen LogP contribution is -2.02. The molecule has 0 N–H and O–H groups in total. The number of aromatic nitrogens is 2. The van der Waals surface area contributed by atoms with Crippen LogP contribution in [0.5, 0.6) is 0 Å². The van der Waals surface area contributed by atoms with Gasteiger partial charge in [-0.25, -0.2) is 0 Å². The first-order chi connectivity index (χ1) is 22.1. The van der Waals surface area contributed by atoms with E-state index in [4.69, 9.17) is 0 Å². The highest BCUT2D eigenvalue weighted by molar-refractivity contribution is 6.11. The Kier molecular flexibility index (Phi) is 6.31. The Morgan fingerprint density at radius 3 is 0.783 bits per heavy atom. The summed E-state index contributed by atoms with van der Waals surface area (Å²) < 4.78 is 4.89. The van der Waals surface area contributed by atoms with Crippen LogP contribution in [0, 0.1) is 55.4 Å². The third kappa shape index (κ3) is 4.24. The Morgan fingerprint density at radius 2 is 0.543 bits per heavy atom. The molecule has 0 unspecified atom stereocenters. The van der Waals surface area contributed by atoms with E-state index in [0.29, 0.717) is 0 Å². The highest BCUT2D eigenvalue weighted by Crippen LogP contribution is 2.40. The van der Waals surface area contributed by atoms with E-state index in [-0.39, 0.29) is 0 Å². The minimum absolute atomic E-state index is 1.22. The number of benzene rings is 6. The largest absolute Gasteiger partial charge is 0.309 e. The molecule has 0 spiro atoms.